The molecule has 1 aromatic rings. The van der Waals surface area contributed by atoms with E-state index >= 15 is 0 Å². The van der Waals surface area contributed by atoms with Crippen molar-refractivity contribution in [2.45, 2.75) is 20.8 Å². The first-order valence-electron chi connectivity index (χ1n) is 5.85. The van der Waals surface area contributed by atoms with E-state index in [9.17, 15) is 4.39 Å². The Morgan fingerprint density at radius 2 is 2.26 bits per heavy atom. The lowest BCUT2D eigenvalue weighted by Gasteiger charge is -2.12. The van der Waals surface area contributed by atoms with E-state index in [4.69, 9.17) is 10.00 Å². The molecule has 0 bridgehead atoms. The van der Waals surface area contributed by atoms with E-state index < -0.39 is 5.82 Å². The zero-order chi connectivity index (χ0) is 14.4. The van der Waals surface area contributed by atoms with Gasteiger partial charge >= 0.3 is 0 Å². The fourth-order valence-electron chi connectivity index (χ4n) is 1.33. The van der Waals surface area contributed by atoms with Gasteiger partial charge in [-0.15, -0.1) is 0 Å². The molecule has 0 fully saturated rings. The number of nitrogens with zero attached hydrogens (tertiary/aromatic N) is 2. The summed E-state index contributed by atoms with van der Waals surface area (Å²) in [6.07, 6.45) is 0. The van der Waals surface area contributed by atoms with Crippen LogP contribution in [-0.2, 0) is 0 Å². The van der Waals surface area contributed by atoms with Crippen LogP contribution in [0.25, 0.3) is 0 Å². The minimum atomic E-state index is -0.498. The Bertz CT molecular complexity index is 523. The van der Waals surface area contributed by atoms with E-state index in [2.05, 4.69) is 26.5 Å². The van der Waals surface area contributed by atoms with E-state index in [1.807, 2.05) is 19.9 Å². The molecule has 1 N–H and O–H groups in total. The van der Waals surface area contributed by atoms with Gasteiger partial charge in [0.15, 0.2) is 5.82 Å². The first-order chi connectivity index (χ1) is 8.99. The van der Waals surface area contributed by atoms with E-state index in [-0.39, 0.29) is 11.6 Å². The normalized spacial score (nSPS) is 11.3. The molecule has 0 aliphatic carbocycles. The number of nitrogens with one attached hydrogen (secondary N) is 1. The SMILES string of the molecule is CCOc1cc(Br)cc(F)c1N/N=C(\C#N)C(C)C. The van der Waals surface area contributed by atoms with Crippen molar-refractivity contribution in [1.29, 1.82) is 5.26 Å². The minimum absolute atomic E-state index is 0.0356. The molecule has 0 aliphatic rings. The summed E-state index contributed by atoms with van der Waals surface area (Å²) in [5, 5.41) is 12.8. The molecule has 0 spiro atoms. The number of benzene rings is 1. The van der Waals surface area contributed by atoms with Crippen LogP contribution >= 0.6 is 15.9 Å². The summed E-state index contributed by atoms with van der Waals surface area (Å²) in [4.78, 5) is 0. The van der Waals surface area contributed by atoms with Crippen LogP contribution < -0.4 is 10.2 Å². The maximum atomic E-state index is 13.9. The van der Waals surface area contributed by atoms with Gasteiger partial charge < -0.3 is 4.74 Å². The highest BCUT2D eigenvalue weighted by molar-refractivity contribution is 9.10. The molecular formula is C13H15BrFN3O. The maximum absolute atomic E-state index is 13.9. The lowest BCUT2D eigenvalue weighted by atomic mass is 10.1. The third-order valence-corrected chi connectivity index (χ3v) is 2.73. The van der Waals surface area contributed by atoms with Crippen molar-refractivity contribution in [3.63, 3.8) is 0 Å². The topological polar surface area (TPSA) is 57.4 Å². The predicted octanol–water partition coefficient (Wildman–Crippen LogP) is 3.93. The van der Waals surface area contributed by atoms with Gasteiger partial charge in [-0.1, -0.05) is 29.8 Å². The van der Waals surface area contributed by atoms with Crippen molar-refractivity contribution in [2.24, 2.45) is 11.0 Å². The number of anilines is 1. The molecule has 0 radical (unpaired) electrons. The van der Waals surface area contributed by atoms with Crippen molar-refractivity contribution >= 4 is 27.3 Å². The number of ether oxygens (including phenoxy) is 1. The number of rotatable bonds is 5. The monoisotopic (exact) mass is 327 g/mol. The molecule has 6 heteroatoms. The van der Waals surface area contributed by atoms with Crippen LogP contribution in [0.4, 0.5) is 10.1 Å². The quantitative estimate of drug-likeness (QED) is 0.658. The molecule has 0 unspecified atom stereocenters. The van der Waals surface area contributed by atoms with Crippen LogP contribution in [0, 0.1) is 23.1 Å². The summed E-state index contributed by atoms with van der Waals surface area (Å²) >= 11 is 3.20. The lowest BCUT2D eigenvalue weighted by molar-refractivity contribution is 0.340. The van der Waals surface area contributed by atoms with E-state index in [1.165, 1.54) is 6.07 Å². The zero-order valence-electron chi connectivity index (χ0n) is 11.0. The molecule has 0 aromatic heterocycles. The second-order valence-electron chi connectivity index (χ2n) is 4.07. The molecule has 1 rings (SSSR count). The molecule has 0 heterocycles. The number of nitriles is 1. The highest BCUT2D eigenvalue weighted by Crippen LogP contribution is 2.31. The molecule has 19 heavy (non-hydrogen) atoms. The molecule has 4 nitrogen and oxygen atoms in total. The van der Waals surface area contributed by atoms with Crippen molar-refractivity contribution in [3.05, 3.63) is 22.4 Å². The average molecular weight is 328 g/mol. The second kappa shape index (κ2) is 7.10. The molecule has 0 amide bonds. The number of hydrogen-bond donors (Lipinski definition) is 1. The molecule has 0 saturated heterocycles. The number of hydrazone groups is 1. The molecular weight excluding hydrogens is 313 g/mol. The van der Waals surface area contributed by atoms with Crippen LogP contribution in [-0.4, -0.2) is 12.3 Å². The second-order valence-corrected chi connectivity index (χ2v) is 4.98. The van der Waals surface area contributed by atoms with Gasteiger partial charge in [0, 0.05) is 10.4 Å². The number of halogens is 2. The van der Waals surface area contributed by atoms with Crippen LogP contribution in [0.2, 0.25) is 0 Å². The van der Waals surface area contributed by atoms with Crippen LogP contribution in [0.15, 0.2) is 21.7 Å². The molecule has 102 valence electrons. The molecule has 0 aliphatic heterocycles. The summed E-state index contributed by atoms with van der Waals surface area (Å²) in [6, 6.07) is 4.92. The summed E-state index contributed by atoms with van der Waals surface area (Å²) in [6.45, 7) is 5.89. The maximum Gasteiger partial charge on any atom is 0.153 e. The van der Waals surface area contributed by atoms with Crippen molar-refractivity contribution in [1.82, 2.24) is 0 Å². The Kier molecular flexibility index (Phi) is 5.77. The largest absolute Gasteiger partial charge is 0.491 e. The summed E-state index contributed by atoms with van der Waals surface area (Å²) in [5.74, 6) is -0.187. The Hall–Kier alpha value is -1.61. The Morgan fingerprint density at radius 3 is 2.79 bits per heavy atom. The summed E-state index contributed by atoms with van der Waals surface area (Å²) in [7, 11) is 0. The number of hydrogen-bond acceptors (Lipinski definition) is 4. The minimum Gasteiger partial charge on any atom is -0.491 e. The fourth-order valence-corrected chi connectivity index (χ4v) is 1.74. The van der Waals surface area contributed by atoms with Gasteiger partial charge in [-0.3, -0.25) is 5.43 Å². The lowest BCUT2D eigenvalue weighted by Crippen LogP contribution is -2.08. The predicted molar refractivity (Wildman–Crippen MR) is 76.8 cm³/mol. The van der Waals surface area contributed by atoms with Gasteiger partial charge in [-0.2, -0.15) is 10.4 Å². The van der Waals surface area contributed by atoms with Gasteiger partial charge in [0.25, 0.3) is 0 Å². The van der Waals surface area contributed by atoms with Crippen molar-refractivity contribution in [3.8, 4) is 11.8 Å². The van der Waals surface area contributed by atoms with Gasteiger partial charge in [0.2, 0.25) is 0 Å². The standard InChI is InChI=1S/C13H15BrFN3O/c1-4-19-12-6-9(14)5-10(15)13(12)18-17-11(7-16)8(2)3/h5-6,8,18H,4H2,1-3H3/b17-11+. The van der Waals surface area contributed by atoms with E-state index in [0.717, 1.165) is 0 Å². The Balaban J connectivity index is 3.10. The van der Waals surface area contributed by atoms with Gasteiger partial charge in [0.1, 0.15) is 23.2 Å². The third kappa shape index (κ3) is 4.21. The van der Waals surface area contributed by atoms with Gasteiger partial charge in [-0.05, 0) is 19.1 Å². The first-order valence-corrected chi connectivity index (χ1v) is 6.64. The van der Waals surface area contributed by atoms with Crippen LogP contribution in [0.1, 0.15) is 20.8 Å². The van der Waals surface area contributed by atoms with Gasteiger partial charge in [0.05, 0.1) is 6.61 Å². The average Bonchev–Trinajstić information content (AvgIpc) is 2.32. The molecule has 0 atom stereocenters. The Labute approximate surface area is 120 Å². The summed E-state index contributed by atoms with van der Waals surface area (Å²) in [5.41, 5.74) is 2.99. The van der Waals surface area contributed by atoms with Crippen molar-refractivity contribution in [2.75, 3.05) is 12.0 Å². The van der Waals surface area contributed by atoms with E-state index in [1.54, 1.807) is 13.0 Å². The fraction of sp³-hybridized carbons (Fsp3) is 0.385. The Morgan fingerprint density at radius 1 is 1.58 bits per heavy atom. The smallest absolute Gasteiger partial charge is 0.153 e. The van der Waals surface area contributed by atoms with Gasteiger partial charge in [-0.25, -0.2) is 4.39 Å². The highest BCUT2D eigenvalue weighted by Gasteiger charge is 2.12. The third-order valence-electron chi connectivity index (χ3n) is 2.27. The van der Waals surface area contributed by atoms with Crippen LogP contribution in [0.3, 0.4) is 0 Å². The summed E-state index contributed by atoms with van der Waals surface area (Å²) < 4.78 is 19.8. The first kappa shape index (κ1) is 15.4. The zero-order valence-corrected chi connectivity index (χ0v) is 12.6. The molecule has 1 aromatic carbocycles. The highest BCUT2D eigenvalue weighted by atomic mass is 79.9. The molecule has 0 saturated carbocycles. The van der Waals surface area contributed by atoms with Crippen LogP contribution in [0.5, 0.6) is 5.75 Å². The van der Waals surface area contributed by atoms with E-state index in [0.29, 0.717) is 22.5 Å². The van der Waals surface area contributed by atoms with Crippen molar-refractivity contribution < 1.29 is 9.13 Å².